The fraction of sp³-hybridized carbons (Fsp3) is 0.368. The Morgan fingerprint density at radius 2 is 2.25 bits per heavy atom. The lowest BCUT2D eigenvalue weighted by atomic mass is 9.93. The lowest BCUT2D eigenvalue weighted by molar-refractivity contribution is -0.129. The fourth-order valence-electron chi connectivity index (χ4n) is 3.57. The quantitative estimate of drug-likeness (QED) is 0.945. The van der Waals surface area contributed by atoms with Crippen molar-refractivity contribution < 1.29 is 9.53 Å². The number of carbonyl (C=O) groups is 1. The number of para-hydroxylation sites is 1. The zero-order chi connectivity index (χ0) is 16.4. The van der Waals surface area contributed by atoms with Crippen LogP contribution in [-0.4, -0.2) is 40.7 Å². The molecule has 3 heterocycles. The van der Waals surface area contributed by atoms with Crippen molar-refractivity contribution in [1.29, 1.82) is 0 Å². The molecule has 1 fully saturated rings. The van der Waals surface area contributed by atoms with E-state index in [1.54, 1.807) is 6.20 Å². The summed E-state index contributed by atoms with van der Waals surface area (Å²) in [6.45, 7) is 1.99. The minimum absolute atomic E-state index is 0.110. The van der Waals surface area contributed by atoms with E-state index in [1.165, 1.54) is 0 Å². The van der Waals surface area contributed by atoms with E-state index in [-0.39, 0.29) is 5.91 Å². The van der Waals surface area contributed by atoms with Crippen LogP contribution >= 0.6 is 0 Å². The Kier molecular flexibility index (Phi) is 4.07. The molecule has 0 bridgehead atoms. The topological polar surface area (TPSA) is 58.2 Å². The highest BCUT2D eigenvalue weighted by Gasteiger charge is 2.27. The maximum atomic E-state index is 12.9. The van der Waals surface area contributed by atoms with Gasteiger partial charge in [0.25, 0.3) is 5.91 Å². The van der Waals surface area contributed by atoms with Crippen molar-refractivity contribution in [3.63, 3.8) is 0 Å². The Morgan fingerprint density at radius 3 is 3.12 bits per heavy atom. The van der Waals surface area contributed by atoms with Crippen LogP contribution in [0.25, 0.3) is 6.08 Å². The van der Waals surface area contributed by atoms with E-state index in [2.05, 4.69) is 10.2 Å². The number of H-pyrrole nitrogens is 1. The highest BCUT2D eigenvalue weighted by molar-refractivity contribution is 5.99. The number of carbonyl (C=O) groups excluding carboxylic acids is 1. The Hall–Kier alpha value is -2.56. The van der Waals surface area contributed by atoms with Gasteiger partial charge in [0.15, 0.2) is 0 Å². The molecule has 1 atom stereocenters. The summed E-state index contributed by atoms with van der Waals surface area (Å²) < 4.78 is 5.73. The largest absolute Gasteiger partial charge is 0.488 e. The molecule has 0 unspecified atom stereocenters. The first-order valence-electron chi connectivity index (χ1n) is 8.49. The third-order valence-corrected chi connectivity index (χ3v) is 4.78. The number of nitrogens with one attached hydrogen (secondary N) is 1. The number of ether oxygens (including phenoxy) is 1. The molecule has 0 spiro atoms. The van der Waals surface area contributed by atoms with Gasteiger partial charge in [-0.1, -0.05) is 18.2 Å². The summed E-state index contributed by atoms with van der Waals surface area (Å²) in [7, 11) is 0. The zero-order valence-electron chi connectivity index (χ0n) is 13.6. The average Bonchev–Trinajstić information content (AvgIpc) is 3.14. The number of nitrogens with zero attached hydrogens (tertiary/aromatic N) is 2. The van der Waals surface area contributed by atoms with E-state index in [1.807, 2.05) is 41.3 Å². The third-order valence-electron chi connectivity index (χ3n) is 4.78. The van der Waals surface area contributed by atoms with Gasteiger partial charge >= 0.3 is 0 Å². The molecule has 2 aliphatic rings. The minimum atomic E-state index is 0.110. The molecular weight excluding hydrogens is 302 g/mol. The van der Waals surface area contributed by atoms with Gasteiger partial charge in [0.1, 0.15) is 12.4 Å². The first-order chi connectivity index (χ1) is 11.8. The molecule has 2 aromatic rings. The molecular formula is C19H21N3O2. The lowest BCUT2D eigenvalue weighted by Gasteiger charge is -2.33. The number of piperidine rings is 1. The van der Waals surface area contributed by atoms with Gasteiger partial charge in [-0.3, -0.25) is 9.89 Å². The first kappa shape index (κ1) is 15.0. The number of aromatic nitrogens is 2. The predicted molar refractivity (Wildman–Crippen MR) is 91.5 cm³/mol. The van der Waals surface area contributed by atoms with E-state index >= 15 is 0 Å². The van der Waals surface area contributed by atoms with Gasteiger partial charge in [0.2, 0.25) is 0 Å². The van der Waals surface area contributed by atoms with Crippen molar-refractivity contribution in [1.82, 2.24) is 15.1 Å². The van der Waals surface area contributed by atoms with E-state index in [9.17, 15) is 4.79 Å². The number of aromatic amines is 1. The van der Waals surface area contributed by atoms with Crippen LogP contribution in [0.5, 0.6) is 5.75 Å². The van der Waals surface area contributed by atoms with E-state index in [0.717, 1.165) is 54.9 Å². The maximum absolute atomic E-state index is 12.9. The maximum Gasteiger partial charge on any atom is 0.253 e. The zero-order valence-corrected chi connectivity index (χ0v) is 13.6. The Bertz CT molecular complexity index is 752. The molecule has 1 saturated heterocycles. The van der Waals surface area contributed by atoms with Crippen molar-refractivity contribution in [3.8, 4) is 5.75 Å². The van der Waals surface area contributed by atoms with Crippen LogP contribution in [0, 0.1) is 5.92 Å². The molecule has 1 aromatic carbocycles. The van der Waals surface area contributed by atoms with Crippen LogP contribution in [0.4, 0.5) is 0 Å². The smallest absolute Gasteiger partial charge is 0.253 e. The Labute approximate surface area is 141 Å². The van der Waals surface area contributed by atoms with Crippen LogP contribution < -0.4 is 4.74 Å². The average molecular weight is 323 g/mol. The van der Waals surface area contributed by atoms with Gasteiger partial charge in [-0.05, 0) is 43.4 Å². The summed E-state index contributed by atoms with van der Waals surface area (Å²) in [5.74, 6) is 1.45. The van der Waals surface area contributed by atoms with Crippen molar-refractivity contribution in [3.05, 3.63) is 53.4 Å². The monoisotopic (exact) mass is 323 g/mol. The Morgan fingerprint density at radius 1 is 1.33 bits per heavy atom. The molecule has 1 amide bonds. The van der Waals surface area contributed by atoms with Crippen molar-refractivity contribution in [2.45, 2.75) is 19.3 Å². The molecule has 2 aliphatic heterocycles. The summed E-state index contributed by atoms with van der Waals surface area (Å²) in [4.78, 5) is 14.8. The number of amides is 1. The van der Waals surface area contributed by atoms with E-state index < -0.39 is 0 Å². The van der Waals surface area contributed by atoms with E-state index in [4.69, 9.17) is 4.74 Å². The highest BCUT2D eigenvalue weighted by Crippen LogP contribution is 2.28. The van der Waals surface area contributed by atoms with Crippen molar-refractivity contribution >= 4 is 12.0 Å². The number of fused-ring (bicyclic) bond motifs is 1. The van der Waals surface area contributed by atoms with Crippen LogP contribution in [0.15, 0.2) is 42.1 Å². The number of hydrogen-bond acceptors (Lipinski definition) is 3. The fourth-order valence-corrected chi connectivity index (χ4v) is 3.57. The van der Waals surface area contributed by atoms with Crippen molar-refractivity contribution in [2.75, 3.05) is 19.7 Å². The van der Waals surface area contributed by atoms with Gasteiger partial charge in [-0.25, -0.2) is 0 Å². The molecule has 5 nitrogen and oxygen atoms in total. The summed E-state index contributed by atoms with van der Waals surface area (Å²) >= 11 is 0. The molecule has 0 radical (unpaired) electrons. The summed E-state index contributed by atoms with van der Waals surface area (Å²) in [5, 5.41) is 7.02. The molecule has 124 valence electrons. The highest BCUT2D eigenvalue weighted by atomic mass is 16.5. The molecule has 4 rings (SSSR count). The lowest BCUT2D eigenvalue weighted by Crippen LogP contribution is -2.42. The van der Waals surface area contributed by atoms with Gasteiger partial charge in [-0.2, -0.15) is 5.10 Å². The minimum Gasteiger partial charge on any atom is -0.488 e. The normalized spacial score (nSPS) is 20.1. The number of hydrogen-bond donors (Lipinski definition) is 1. The second-order valence-electron chi connectivity index (χ2n) is 6.54. The van der Waals surface area contributed by atoms with Crippen LogP contribution in [0.1, 0.15) is 24.1 Å². The summed E-state index contributed by atoms with van der Waals surface area (Å²) in [5.41, 5.74) is 2.87. The van der Waals surface area contributed by atoms with Gasteiger partial charge < -0.3 is 9.64 Å². The molecule has 1 aromatic heterocycles. The SMILES string of the molecule is O=C(C1=Cc2ccccc2OC1)N1CCC[C@H](Cc2ccn[nH]2)C1. The first-order valence-corrected chi connectivity index (χ1v) is 8.49. The second-order valence-corrected chi connectivity index (χ2v) is 6.54. The van der Waals surface area contributed by atoms with Crippen LogP contribution in [0.2, 0.25) is 0 Å². The van der Waals surface area contributed by atoms with E-state index in [0.29, 0.717) is 12.5 Å². The molecule has 0 saturated carbocycles. The summed E-state index contributed by atoms with van der Waals surface area (Å²) in [6, 6.07) is 9.85. The number of benzene rings is 1. The molecule has 0 aliphatic carbocycles. The second kappa shape index (κ2) is 6.51. The molecule has 1 N–H and O–H groups in total. The standard InChI is InChI=1S/C19H21N3O2/c23-19(16-11-15-5-1-2-6-18(15)24-13-16)22-9-3-4-14(12-22)10-17-7-8-20-21-17/h1-2,5-8,11,14H,3-4,9-10,12-13H2,(H,20,21)/t14-/m1/s1. The van der Waals surface area contributed by atoms with Crippen molar-refractivity contribution in [2.24, 2.45) is 5.92 Å². The van der Waals surface area contributed by atoms with Gasteiger partial charge in [-0.15, -0.1) is 0 Å². The Balaban J connectivity index is 1.45. The molecule has 5 heteroatoms. The van der Waals surface area contributed by atoms with Crippen LogP contribution in [-0.2, 0) is 11.2 Å². The third kappa shape index (κ3) is 3.07. The number of rotatable bonds is 3. The molecule has 24 heavy (non-hydrogen) atoms. The van der Waals surface area contributed by atoms with Gasteiger partial charge in [0, 0.05) is 30.5 Å². The number of likely N-dealkylation sites (tertiary alicyclic amines) is 1. The van der Waals surface area contributed by atoms with Crippen LogP contribution in [0.3, 0.4) is 0 Å². The van der Waals surface area contributed by atoms with Gasteiger partial charge in [0.05, 0.1) is 5.57 Å². The predicted octanol–water partition coefficient (Wildman–Crippen LogP) is 2.67. The summed E-state index contributed by atoms with van der Waals surface area (Å²) in [6.07, 6.45) is 6.90.